The second kappa shape index (κ2) is 11.4. The molecule has 1 atom stereocenters. The standard InChI is InChI=1S/C25H29NO3/c1-28-25-14-12-23(13-15-25)19-29-20-24(27)18-26(16-21-8-4-2-5-9-21)17-22-10-6-3-7-11-22/h2-15,24,27H,16-20H2,1H3/t24-/m0/s1. The lowest BCUT2D eigenvalue weighted by Crippen LogP contribution is -2.34. The summed E-state index contributed by atoms with van der Waals surface area (Å²) in [6.07, 6.45) is -0.555. The summed E-state index contributed by atoms with van der Waals surface area (Å²) in [5.74, 6) is 0.825. The first kappa shape index (κ1) is 21.1. The first-order valence-electron chi connectivity index (χ1n) is 9.92. The topological polar surface area (TPSA) is 41.9 Å². The largest absolute Gasteiger partial charge is 0.497 e. The lowest BCUT2D eigenvalue weighted by atomic mass is 10.1. The highest BCUT2D eigenvalue weighted by atomic mass is 16.5. The highest BCUT2D eigenvalue weighted by molar-refractivity contribution is 5.26. The molecule has 1 N–H and O–H groups in total. The fourth-order valence-corrected chi connectivity index (χ4v) is 3.25. The van der Waals surface area contributed by atoms with Crippen LogP contribution in [0.25, 0.3) is 0 Å². The van der Waals surface area contributed by atoms with Crippen LogP contribution in [0.5, 0.6) is 5.75 Å². The number of aliphatic hydroxyl groups is 1. The van der Waals surface area contributed by atoms with E-state index in [0.717, 1.165) is 24.4 Å². The Kier molecular flexibility index (Phi) is 8.25. The van der Waals surface area contributed by atoms with Crippen molar-refractivity contribution in [3.8, 4) is 5.75 Å². The van der Waals surface area contributed by atoms with E-state index in [0.29, 0.717) is 19.8 Å². The molecule has 4 nitrogen and oxygen atoms in total. The van der Waals surface area contributed by atoms with E-state index < -0.39 is 6.10 Å². The summed E-state index contributed by atoms with van der Waals surface area (Å²) in [6.45, 7) is 2.88. The zero-order chi connectivity index (χ0) is 20.3. The summed E-state index contributed by atoms with van der Waals surface area (Å²) >= 11 is 0. The molecule has 0 radical (unpaired) electrons. The molecule has 3 rings (SSSR count). The van der Waals surface area contributed by atoms with Gasteiger partial charge in [0.15, 0.2) is 0 Å². The third-order valence-corrected chi connectivity index (χ3v) is 4.70. The minimum absolute atomic E-state index is 0.298. The minimum atomic E-state index is -0.555. The van der Waals surface area contributed by atoms with E-state index in [-0.39, 0.29) is 0 Å². The van der Waals surface area contributed by atoms with Crippen molar-refractivity contribution >= 4 is 0 Å². The van der Waals surface area contributed by atoms with Crippen LogP contribution < -0.4 is 4.74 Å². The first-order valence-corrected chi connectivity index (χ1v) is 9.92. The highest BCUT2D eigenvalue weighted by Gasteiger charge is 2.13. The van der Waals surface area contributed by atoms with Gasteiger partial charge in [0, 0.05) is 19.6 Å². The van der Waals surface area contributed by atoms with Gasteiger partial charge in [0.05, 0.1) is 26.4 Å². The maximum absolute atomic E-state index is 10.5. The van der Waals surface area contributed by atoms with Gasteiger partial charge in [-0.1, -0.05) is 72.8 Å². The molecule has 0 aliphatic carbocycles. The Morgan fingerprint density at radius 3 is 1.83 bits per heavy atom. The monoisotopic (exact) mass is 391 g/mol. The van der Waals surface area contributed by atoms with Gasteiger partial charge in [-0.2, -0.15) is 0 Å². The van der Waals surface area contributed by atoms with Crippen LogP contribution >= 0.6 is 0 Å². The predicted molar refractivity (Wildman–Crippen MR) is 116 cm³/mol. The van der Waals surface area contributed by atoms with Crippen molar-refractivity contribution in [3.05, 3.63) is 102 Å². The van der Waals surface area contributed by atoms with Crippen LogP contribution in [0.4, 0.5) is 0 Å². The average Bonchev–Trinajstić information content (AvgIpc) is 2.75. The molecule has 0 aromatic heterocycles. The molecule has 0 amide bonds. The van der Waals surface area contributed by atoms with Crippen LogP contribution in [-0.2, 0) is 24.4 Å². The fraction of sp³-hybridized carbons (Fsp3) is 0.280. The molecule has 0 saturated heterocycles. The molecule has 4 heteroatoms. The van der Waals surface area contributed by atoms with Gasteiger partial charge < -0.3 is 14.6 Å². The Balaban J connectivity index is 1.52. The number of ether oxygens (including phenoxy) is 2. The van der Waals surface area contributed by atoms with Gasteiger partial charge in [-0.3, -0.25) is 4.90 Å². The van der Waals surface area contributed by atoms with Crippen LogP contribution in [0.3, 0.4) is 0 Å². The molecule has 29 heavy (non-hydrogen) atoms. The van der Waals surface area contributed by atoms with Gasteiger partial charge in [-0.25, -0.2) is 0 Å². The molecule has 0 fully saturated rings. The number of aliphatic hydroxyl groups excluding tert-OH is 1. The fourth-order valence-electron chi connectivity index (χ4n) is 3.25. The smallest absolute Gasteiger partial charge is 0.118 e. The van der Waals surface area contributed by atoms with Gasteiger partial charge in [-0.15, -0.1) is 0 Å². The zero-order valence-electron chi connectivity index (χ0n) is 16.9. The van der Waals surface area contributed by atoms with E-state index >= 15 is 0 Å². The zero-order valence-corrected chi connectivity index (χ0v) is 16.9. The van der Waals surface area contributed by atoms with Crippen molar-refractivity contribution in [1.29, 1.82) is 0 Å². The summed E-state index contributed by atoms with van der Waals surface area (Å²) in [7, 11) is 1.65. The Labute approximate surface area is 173 Å². The summed E-state index contributed by atoms with van der Waals surface area (Å²) in [5.41, 5.74) is 3.52. The first-order chi connectivity index (χ1) is 14.2. The summed E-state index contributed by atoms with van der Waals surface area (Å²) < 4.78 is 10.9. The number of hydrogen-bond donors (Lipinski definition) is 1. The normalized spacial score (nSPS) is 12.1. The third-order valence-electron chi connectivity index (χ3n) is 4.70. The lowest BCUT2D eigenvalue weighted by molar-refractivity contribution is 0.00712. The number of methoxy groups -OCH3 is 1. The number of benzene rings is 3. The molecule has 0 saturated carbocycles. The van der Waals surface area contributed by atoms with Gasteiger partial charge >= 0.3 is 0 Å². The second-order valence-electron chi connectivity index (χ2n) is 7.16. The molecular formula is C25H29NO3. The van der Waals surface area contributed by atoms with E-state index in [2.05, 4.69) is 29.2 Å². The lowest BCUT2D eigenvalue weighted by Gasteiger charge is -2.25. The van der Waals surface area contributed by atoms with Crippen LogP contribution in [0.15, 0.2) is 84.9 Å². The van der Waals surface area contributed by atoms with E-state index in [9.17, 15) is 5.11 Å². The SMILES string of the molecule is COc1ccc(COC[C@@H](O)CN(Cc2ccccc2)Cc2ccccc2)cc1. The van der Waals surface area contributed by atoms with Crippen LogP contribution in [-0.4, -0.2) is 36.4 Å². The van der Waals surface area contributed by atoms with Crippen molar-refractivity contribution < 1.29 is 14.6 Å². The Bertz CT molecular complexity index is 780. The van der Waals surface area contributed by atoms with Gasteiger partial charge in [0.25, 0.3) is 0 Å². The Hall–Kier alpha value is -2.66. The summed E-state index contributed by atoms with van der Waals surface area (Å²) in [6, 6.07) is 28.5. The average molecular weight is 392 g/mol. The molecule has 0 aliphatic rings. The van der Waals surface area contributed by atoms with E-state index in [4.69, 9.17) is 9.47 Å². The molecule has 0 aliphatic heterocycles. The van der Waals surface area contributed by atoms with Gasteiger partial charge in [-0.05, 0) is 28.8 Å². The number of nitrogens with zero attached hydrogens (tertiary/aromatic N) is 1. The quantitative estimate of drug-likeness (QED) is 0.530. The van der Waals surface area contributed by atoms with E-state index in [1.54, 1.807) is 7.11 Å². The molecule has 0 spiro atoms. The van der Waals surface area contributed by atoms with Crippen molar-refractivity contribution in [2.24, 2.45) is 0 Å². The third kappa shape index (κ3) is 7.35. The highest BCUT2D eigenvalue weighted by Crippen LogP contribution is 2.13. The maximum Gasteiger partial charge on any atom is 0.118 e. The number of rotatable bonds is 11. The Morgan fingerprint density at radius 1 is 0.759 bits per heavy atom. The van der Waals surface area contributed by atoms with Crippen molar-refractivity contribution in [1.82, 2.24) is 4.90 Å². The van der Waals surface area contributed by atoms with E-state index in [1.807, 2.05) is 60.7 Å². The van der Waals surface area contributed by atoms with Crippen molar-refractivity contribution in [3.63, 3.8) is 0 Å². The van der Waals surface area contributed by atoms with Gasteiger partial charge in [0.2, 0.25) is 0 Å². The van der Waals surface area contributed by atoms with Gasteiger partial charge in [0.1, 0.15) is 5.75 Å². The van der Waals surface area contributed by atoms with Crippen molar-refractivity contribution in [2.75, 3.05) is 20.3 Å². The molecule has 152 valence electrons. The summed E-state index contributed by atoms with van der Waals surface area (Å²) in [4.78, 5) is 2.26. The predicted octanol–water partition coefficient (Wildman–Crippen LogP) is 4.28. The summed E-state index contributed by atoms with van der Waals surface area (Å²) in [5, 5.41) is 10.5. The molecule has 0 heterocycles. The van der Waals surface area contributed by atoms with Crippen molar-refractivity contribution in [2.45, 2.75) is 25.8 Å². The molecule has 0 unspecified atom stereocenters. The second-order valence-corrected chi connectivity index (χ2v) is 7.16. The molecule has 3 aromatic carbocycles. The Morgan fingerprint density at radius 2 is 1.31 bits per heavy atom. The molecular weight excluding hydrogens is 362 g/mol. The van der Waals surface area contributed by atoms with Crippen LogP contribution in [0.2, 0.25) is 0 Å². The number of hydrogen-bond acceptors (Lipinski definition) is 4. The van der Waals surface area contributed by atoms with Crippen LogP contribution in [0.1, 0.15) is 16.7 Å². The molecule has 0 bridgehead atoms. The maximum atomic E-state index is 10.5. The van der Waals surface area contributed by atoms with E-state index in [1.165, 1.54) is 11.1 Å². The minimum Gasteiger partial charge on any atom is -0.497 e. The van der Waals surface area contributed by atoms with Crippen LogP contribution in [0, 0.1) is 0 Å². The molecule has 3 aromatic rings.